The van der Waals surface area contributed by atoms with Crippen LogP contribution in [0, 0.1) is 0 Å². The molecule has 0 radical (unpaired) electrons. The van der Waals surface area contributed by atoms with Crippen LogP contribution in [0.1, 0.15) is 25.7 Å². The summed E-state index contributed by atoms with van der Waals surface area (Å²) in [5.74, 6) is -0.158. The second-order valence-corrected chi connectivity index (χ2v) is 2.77. The first kappa shape index (κ1) is 12.6. The smallest absolute Gasteiger partial charge is 0.305 e. The highest BCUT2D eigenvalue weighted by atomic mass is 16.5. The maximum Gasteiger partial charge on any atom is 0.305 e. The van der Waals surface area contributed by atoms with E-state index in [0.717, 1.165) is 25.5 Å². The average Bonchev–Trinajstić information content (AvgIpc) is 2.21. The summed E-state index contributed by atoms with van der Waals surface area (Å²) in [7, 11) is 1.40. The lowest BCUT2D eigenvalue weighted by atomic mass is 10.2. The number of methoxy groups -OCH3 is 1. The van der Waals surface area contributed by atoms with Crippen molar-refractivity contribution in [2.75, 3.05) is 7.11 Å². The molecule has 0 N–H and O–H groups in total. The first-order valence-corrected chi connectivity index (χ1v) is 4.65. The molecule has 0 aliphatic heterocycles. The van der Waals surface area contributed by atoms with Crippen LogP contribution in [-0.4, -0.2) is 19.4 Å². The van der Waals surface area contributed by atoms with Crippen LogP contribution in [-0.2, 0) is 14.3 Å². The Morgan fingerprint density at radius 3 is 2.64 bits per heavy atom. The lowest BCUT2D eigenvalue weighted by Gasteiger charge is -1.96. The van der Waals surface area contributed by atoms with Gasteiger partial charge in [-0.25, -0.2) is 0 Å². The number of carbonyl (C=O) groups is 2. The second-order valence-electron chi connectivity index (χ2n) is 2.77. The van der Waals surface area contributed by atoms with Gasteiger partial charge in [0, 0.05) is 6.42 Å². The van der Waals surface area contributed by atoms with Gasteiger partial charge in [-0.15, -0.1) is 0 Å². The average molecular weight is 196 g/mol. The van der Waals surface area contributed by atoms with Crippen LogP contribution in [0.3, 0.4) is 0 Å². The Bertz CT molecular complexity index is 217. The van der Waals surface area contributed by atoms with E-state index in [2.05, 4.69) is 4.74 Å². The van der Waals surface area contributed by atoms with Crippen molar-refractivity contribution in [3.8, 4) is 0 Å². The summed E-state index contributed by atoms with van der Waals surface area (Å²) in [6.45, 7) is 0. The van der Waals surface area contributed by atoms with Crippen molar-refractivity contribution in [1.29, 1.82) is 0 Å². The molecule has 0 bridgehead atoms. The number of allylic oxidation sites excluding steroid dienone is 4. The minimum Gasteiger partial charge on any atom is -0.469 e. The Hall–Kier alpha value is -1.38. The van der Waals surface area contributed by atoms with E-state index in [1.807, 2.05) is 12.2 Å². The second kappa shape index (κ2) is 9.71. The summed E-state index contributed by atoms with van der Waals surface area (Å²) in [5, 5.41) is 0. The number of carbonyl (C=O) groups excluding carboxylic acids is 2. The lowest BCUT2D eigenvalue weighted by Crippen LogP contribution is -1.98. The Labute approximate surface area is 84.4 Å². The van der Waals surface area contributed by atoms with E-state index in [0.29, 0.717) is 6.42 Å². The number of hydrogen-bond donors (Lipinski definition) is 0. The predicted octanol–water partition coefficient (Wildman–Crippen LogP) is 2.03. The molecule has 0 fully saturated rings. The van der Waals surface area contributed by atoms with Crippen molar-refractivity contribution in [1.82, 2.24) is 0 Å². The standard InChI is InChI=1S/C11H16O3/c1-14-11(13)9-7-5-3-2-4-6-8-10-12/h2,4,6,8,10H,3,5,7,9H2,1H3/b4-2+,8-6+. The van der Waals surface area contributed by atoms with E-state index in [1.165, 1.54) is 13.2 Å². The van der Waals surface area contributed by atoms with E-state index in [4.69, 9.17) is 0 Å². The van der Waals surface area contributed by atoms with Crippen molar-refractivity contribution in [3.63, 3.8) is 0 Å². The van der Waals surface area contributed by atoms with Crippen LogP contribution in [0.5, 0.6) is 0 Å². The van der Waals surface area contributed by atoms with Crippen molar-refractivity contribution in [3.05, 3.63) is 24.3 Å². The summed E-state index contributed by atoms with van der Waals surface area (Å²) in [4.78, 5) is 20.6. The Kier molecular flexibility index (Phi) is 8.75. The molecule has 0 heterocycles. The van der Waals surface area contributed by atoms with Gasteiger partial charge in [-0.1, -0.05) is 18.2 Å². The molecule has 3 heteroatoms. The molecule has 78 valence electrons. The number of aldehydes is 1. The van der Waals surface area contributed by atoms with Crippen molar-refractivity contribution in [2.45, 2.75) is 25.7 Å². The van der Waals surface area contributed by atoms with Crippen LogP contribution in [0.15, 0.2) is 24.3 Å². The fourth-order valence-corrected chi connectivity index (χ4v) is 0.918. The molecule has 0 aromatic rings. The molecule has 0 aliphatic rings. The maximum absolute atomic E-state index is 10.7. The molecule has 0 unspecified atom stereocenters. The Morgan fingerprint density at radius 1 is 1.21 bits per heavy atom. The molecule has 0 amide bonds. The fourth-order valence-electron chi connectivity index (χ4n) is 0.918. The quantitative estimate of drug-likeness (QED) is 0.206. The molecule has 0 rings (SSSR count). The zero-order valence-corrected chi connectivity index (χ0v) is 8.44. The highest BCUT2D eigenvalue weighted by Crippen LogP contribution is 2.01. The van der Waals surface area contributed by atoms with Crippen LogP contribution >= 0.6 is 0 Å². The number of hydrogen-bond acceptors (Lipinski definition) is 3. The highest BCUT2D eigenvalue weighted by Gasteiger charge is 1.97. The van der Waals surface area contributed by atoms with Gasteiger partial charge in [0.1, 0.15) is 6.29 Å². The van der Waals surface area contributed by atoms with E-state index >= 15 is 0 Å². The van der Waals surface area contributed by atoms with Crippen LogP contribution < -0.4 is 0 Å². The van der Waals surface area contributed by atoms with Crippen molar-refractivity contribution >= 4 is 12.3 Å². The molecular weight excluding hydrogens is 180 g/mol. The Morgan fingerprint density at radius 2 is 2.00 bits per heavy atom. The highest BCUT2D eigenvalue weighted by molar-refractivity contribution is 5.69. The van der Waals surface area contributed by atoms with Crippen LogP contribution in [0.2, 0.25) is 0 Å². The van der Waals surface area contributed by atoms with E-state index in [9.17, 15) is 9.59 Å². The number of ether oxygens (including phenoxy) is 1. The van der Waals surface area contributed by atoms with Gasteiger partial charge in [0.05, 0.1) is 7.11 Å². The summed E-state index contributed by atoms with van der Waals surface area (Å²) < 4.78 is 4.50. The zero-order chi connectivity index (χ0) is 10.6. The molecule has 0 atom stereocenters. The molecule has 0 saturated carbocycles. The minimum atomic E-state index is -0.158. The van der Waals surface area contributed by atoms with Crippen LogP contribution in [0.4, 0.5) is 0 Å². The van der Waals surface area contributed by atoms with Gasteiger partial charge in [0.25, 0.3) is 0 Å². The van der Waals surface area contributed by atoms with E-state index in [-0.39, 0.29) is 5.97 Å². The molecular formula is C11H16O3. The Balaban J connectivity index is 3.29. The molecule has 3 nitrogen and oxygen atoms in total. The minimum absolute atomic E-state index is 0.158. The van der Waals surface area contributed by atoms with Gasteiger partial charge in [-0.3, -0.25) is 9.59 Å². The summed E-state index contributed by atoms with van der Waals surface area (Å²) in [6, 6.07) is 0. The van der Waals surface area contributed by atoms with E-state index < -0.39 is 0 Å². The third-order valence-corrected chi connectivity index (χ3v) is 1.67. The van der Waals surface area contributed by atoms with Crippen LogP contribution in [0.25, 0.3) is 0 Å². The zero-order valence-electron chi connectivity index (χ0n) is 8.44. The number of esters is 1. The molecule has 0 aromatic heterocycles. The fraction of sp³-hybridized carbons (Fsp3) is 0.455. The van der Waals surface area contributed by atoms with Gasteiger partial charge in [0.15, 0.2) is 0 Å². The lowest BCUT2D eigenvalue weighted by molar-refractivity contribution is -0.140. The van der Waals surface area contributed by atoms with Gasteiger partial charge in [0.2, 0.25) is 0 Å². The SMILES string of the molecule is COC(=O)CCCC/C=C/C=C/C=O. The van der Waals surface area contributed by atoms with Gasteiger partial charge < -0.3 is 4.74 Å². The monoisotopic (exact) mass is 196 g/mol. The first-order chi connectivity index (χ1) is 6.81. The molecule has 0 aliphatic carbocycles. The third-order valence-electron chi connectivity index (χ3n) is 1.67. The first-order valence-electron chi connectivity index (χ1n) is 4.65. The number of rotatable bonds is 7. The molecule has 0 aromatic carbocycles. The normalized spacial score (nSPS) is 10.9. The maximum atomic E-state index is 10.7. The molecule has 0 spiro atoms. The van der Waals surface area contributed by atoms with Crippen molar-refractivity contribution < 1.29 is 14.3 Å². The molecule has 14 heavy (non-hydrogen) atoms. The van der Waals surface area contributed by atoms with Gasteiger partial charge in [-0.05, 0) is 25.3 Å². The number of unbranched alkanes of at least 4 members (excludes halogenated alkanes) is 2. The van der Waals surface area contributed by atoms with E-state index in [1.54, 1.807) is 6.08 Å². The largest absolute Gasteiger partial charge is 0.469 e. The summed E-state index contributed by atoms with van der Waals surface area (Å²) in [6.07, 6.45) is 10.9. The van der Waals surface area contributed by atoms with Crippen molar-refractivity contribution in [2.24, 2.45) is 0 Å². The summed E-state index contributed by atoms with van der Waals surface area (Å²) in [5.41, 5.74) is 0. The summed E-state index contributed by atoms with van der Waals surface area (Å²) >= 11 is 0. The molecule has 0 saturated heterocycles. The van der Waals surface area contributed by atoms with Gasteiger partial charge >= 0.3 is 5.97 Å². The van der Waals surface area contributed by atoms with Gasteiger partial charge in [-0.2, -0.15) is 0 Å². The predicted molar refractivity (Wildman–Crippen MR) is 54.8 cm³/mol. The topological polar surface area (TPSA) is 43.4 Å². The third kappa shape index (κ3) is 8.71.